The van der Waals surface area contributed by atoms with Gasteiger partial charge >= 0.3 is 0 Å². The number of benzene rings is 2. The van der Waals surface area contributed by atoms with E-state index in [-0.39, 0.29) is 35.7 Å². The molecule has 5 heteroatoms. The van der Waals surface area contributed by atoms with Gasteiger partial charge in [-0.25, -0.2) is 4.90 Å². The normalized spacial score (nSPS) is 30.3. The minimum atomic E-state index is -0.288. The maximum atomic E-state index is 13.3. The number of nitrogens with zero attached hydrogens (tertiary/aromatic N) is 2. The lowest BCUT2D eigenvalue weighted by atomic mass is 9.89. The molecule has 0 saturated carbocycles. The van der Waals surface area contributed by atoms with Crippen molar-refractivity contribution in [3.05, 3.63) is 72.3 Å². The van der Waals surface area contributed by atoms with Gasteiger partial charge in [0.25, 0.3) is 0 Å². The quantitative estimate of drug-likeness (QED) is 0.771. The van der Waals surface area contributed by atoms with Gasteiger partial charge in [0.1, 0.15) is 0 Å². The van der Waals surface area contributed by atoms with E-state index in [2.05, 4.69) is 29.2 Å². The van der Waals surface area contributed by atoms with Crippen LogP contribution in [-0.2, 0) is 9.59 Å². The highest BCUT2D eigenvalue weighted by atomic mass is 32.2. The first-order valence-corrected chi connectivity index (χ1v) is 10.4. The van der Waals surface area contributed by atoms with Gasteiger partial charge in [0, 0.05) is 23.7 Å². The summed E-state index contributed by atoms with van der Waals surface area (Å²) in [6, 6.07) is 19.6. The number of fused-ring (bicyclic) bond motifs is 3. The van der Waals surface area contributed by atoms with Crippen molar-refractivity contribution in [3.8, 4) is 0 Å². The topological polar surface area (TPSA) is 40.6 Å². The summed E-state index contributed by atoms with van der Waals surface area (Å²) in [7, 11) is 0. The Morgan fingerprint density at radius 1 is 0.889 bits per heavy atom. The van der Waals surface area contributed by atoms with Crippen molar-refractivity contribution in [2.24, 2.45) is 11.8 Å². The van der Waals surface area contributed by atoms with Crippen LogP contribution in [0.15, 0.2) is 66.7 Å². The molecule has 4 nitrogen and oxygen atoms in total. The third-order valence-corrected chi connectivity index (χ3v) is 6.88. The van der Waals surface area contributed by atoms with Crippen molar-refractivity contribution in [3.63, 3.8) is 0 Å². The average Bonchev–Trinajstić information content (AvgIpc) is 3.34. The molecule has 2 amide bonds. The van der Waals surface area contributed by atoms with Gasteiger partial charge in [0.15, 0.2) is 0 Å². The van der Waals surface area contributed by atoms with Crippen molar-refractivity contribution >= 4 is 35.3 Å². The molecule has 0 radical (unpaired) electrons. The fraction of sp³-hybridized carbons (Fsp3) is 0.273. The summed E-state index contributed by atoms with van der Waals surface area (Å²) in [4.78, 5) is 30.3. The number of imide groups is 1. The van der Waals surface area contributed by atoms with Gasteiger partial charge in [0.05, 0.1) is 17.5 Å². The van der Waals surface area contributed by atoms with Crippen molar-refractivity contribution in [1.82, 2.24) is 4.90 Å². The molecule has 0 aliphatic carbocycles. The lowest BCUT2D eigenvalue weighted by molar-refractivity contribution is -0.123. The maximum absolute atomic E-state index is 13.3. The van der Waals surface area contributed by atoms with Crippen LogP contribution in [0.3, 0.4) is 0 Å². The van der Waals surface area contributed by atoms with Crippen LogP contribution in [0, 0.1) is 11.8 Å². The first-order valence-electron chi connectivity index (χ1n) is 9.25. The Kier molecular flexibility index (Phi) is 4.14. The molecular weight excluding hydrogens is 356 g/mol. The third-order valence-electron chi connectivity index (χ3n) is 5.82. The molecule has 0 bridgehead atoms. The van der Waals surface area contributed by atoms with E-state index in [0.717, 1.165) is 17.2 Å². The Labute approximate surface area is 162 Å². The van der Waals surface area contributed by atoms with Crippen LogP contribution in [0.5, 0.6) is 0 Å². The van der Waals surface area contributed by atoms with E-state index in [1.54, 1.807) is 0 Å². The van der Waals surface area contributed by atoms with Crippen LogP contribution >= 0.6 is 11.8 Å². The summed E-state index contributed by atoms with van der Waals surface area (Å²) in [5, 5.41) is 0. The summed E-state index contributed by atoms with van der Waals surface area (Å²) in [6.45, 7) is 0. The van der Waals surface area contributed by atoms with Crippen LogP contribution in [0.25, 0.3) is 6.08 Å². The number of hydrogen-bond donors (Lipinski definition) is 0. The minimum Gasteiger partial charge on any atom is -0.282 e. The van der Waals surface area contributed by atoms with Crippen molar-refractivity contribution in [1.29, 1.82) is 0 Å². The Morgan fingerprint density at radius 3 is 2.30 bits per heavy atom. The number of anilines is 1. The predicted molar refractivity (Wildman–Crippen MR) is 108 cm³/mol. The minimum absolute atomic E-state index is 0.0274. The van der Waals surface area contributed by atoms with E-state index in [0.29, 0.717) is 5.69 Å². The molecule has 3 aliphatic rings. The Bertz CT molecular complexity index is 899. The number of amides is 2. The zero-order valence-corrected chi connectivity index (χ0v) is 15.6. The predicted octanol–water partition coefficient (Wildman–Crippen LogP) is 3.26. The second kappa shape index (κ2) is 6.66. The lowest BCUT2D eigenvalue weighted by Gasteiger charge is -2.25. The molecule has 4 atom stereocenters. The fourth-order valence-electron chi connectivity index (χ4n) is 4.61. The molecule has 136 valence electrons. The number of thioether (sulfide) groups is 1. The number of hydrogen-bond acceptors (Lipinski definition) is 4. The molecule has 3 aliphatic heterocycles. The molecule has 0 N–H and O–H groups in total. The first kappa shape index (κ1) is 16.8. The van der Waals surface area contributed by atoms with E-state index in [1.807, 2.05) is 60.3 Å². The maximum Gasteiger partial charge on any atom is 0.239 e. The molecule has 3 fully saturated rings. The molecule has 2 aromatic carbocycles. The highest BCUT2D eigenvalue weighted by Gasteiger charge is 2.62. The molecular formula is C22H20N2O2S. The van der Waals surface area contributed by atoms with Gasteiger partial charge in [-0.1, -0.05) is 60.7 Å². The van der Waals surface area contributed by atoms with E-state index in [9.17, 15) is 9.59 Å². The second-order valence-electron chi connectivity index (χ2n) is 7.24. The highest BCUT2D eigenvalue weighted by Crippen LogP contribution is 2.48. The SMILES string of the molecule is O=C1C2C(C(=O)N1c1ccccc1)C1CSCN1C2C=Cc1ccccc1. The summed E-state index contributed by atoms with van der Waals surface area (Å²) < 4.78 is 0. The van der Waals surface area contributed by atoms with Crippen LogP contribution in [0.2, 0.25) is 0 Å². The van der Waals surface area contributed by atoms with E-state index >= 15 is 0 Å². The Hall–Kier alpha value is -2.37. The monoisotopic (exact) mass is 376 g/mol. The van der Waals surface area contributed by atoms with E-state index < -0.39 is 0 Å². The smallest absolute Gasteiger partial charge is 0.239 e. The second-order valence-corrected chi connectivity index (χ2v) is 8.24. The molecule has 0 aromatic heterocycles. The van der Waals surface area contributed by atoms with Crippen molar-refractivity contribution in [2.75, 3.05) is 16.5 Å². The first-order chi connectivity index (χ1) is 13.3. The number of carbonyl (C=O) groups excluding carboxylic acids is 2. The fourth-order valence-corrected chi connectivity index (χ4v) is 5.93. The summed E-state index contributed by atoms with van der Waals surface area (Å²) in [5.41, 5.74) is 1.80. The lowest BCUT2D eigenvalue weighted by Crippen LogP contribution is -2.42. The molecule has 4 unspecified atom stereocenters. The number of rotatable bonds is 3. The highest BCUT2D eigenvalue weighted by molar-refractivity contribution is 7.99. The van der Waals surface area contributed by atoms with Crippen molar-refractivity contribution in [2.45, 2.75) is 12.1 Å². The van der Waals surface area contributed by atoms with Gasteiger partial charge in [-0.2, -0.15) is 0 Å². The molecule has 0 spiro atoms. The number of para-hydroxylation sites is 1. The van der Waals surface area contributed by atoms with Gasteiger partial charge in [-0.05, 0) is 17.7 Å². The zero-order chi connectivity index (χ0) is 18.4. The van der Waals surface area contributed by atoms with Gasteiger partial charge in [-0.15, -0.1) is 11.8 Å². The molecule has 3 heterocycles. The Morgan fingerprint density at radius 2 is 1.56 bits per heavy atom. The zero-order valence-electron chi connectivity index (χ0n) is 14.8. The van der Waals surface area contributed by atoms with Crippen LogP contribution in [0.4, 0.5) is 5.69 Å². The van der Waals surface area contributed by atoms with Crippen LogP contribution in [-0.4, -0.2) is 40.4 Å². The third kappa shape index (κ3) is 2.65. The van der Waals surface area contributed by atoms with Gasteiger partial charge in [-0.3, -0.25) is 14.5 Å². The van der Waals surface area contributed by atoms with Gasteiger partial charge < -0.3 is 0 Å². The average molecular weight is 376 g/mol. The van der Waals surface area contributed by atoms with Crippen LogP contribution in [0.1, 0.15) is 5.56 Å². The largest absolute Gasteiger partial charge is 0.282 e. The molecule has 27 heavy (non-hydrogen) atoms. The Balaban J connectivity index is 1.51. The standard InChI is InChI=1S/C22H20N2O2S/c25-21-19-17(12-11-15-7-3-1-4-8-15)23-14-27-13-18(23)20(19)22(26)24(21)16-9-5-2-6-10-16/h1-12,17-20H,13-14H2. The van der Waals surface area contributed by atoms with E-state index in [1.165, 1.54) is 4.90 Å². The summed E-state index contributed by atoms with van der Waals surface area (Å²) >= 11 is 1.85. The number of carbonyl (C=O) groups is 2. The van der Waals surface area contributed by atoms with Gasteiger partial charge in [0.2, 0.25) is 11.8 Å². The van der Waals surface area contributed by atoms with E-state index in [4.69, 9.17) is 0 Å². The molecule has 2 aromatic rings. The molecule has 5 rings (SSSR count). The summed E-state index contributed by atoms with van der Waals surface area (Å²) in [6.07, 6.45) is 4.20. The molecule has 3 saturated heterocycles. The summed E-state index contributed by atoms with van der Waals surface area (Å²) in [5.74, 6) is 1.18. The van der Waals surface area contributed by atoms with Crippen LogP contribution < -0.4 is 4.90 Å². The van der Waals surface area contributed by atoms with Crippen molar-refractivity contribution < 1.29 is 9.59 Å².